The molecule has 2 aliphatic rings. The van der Waals surface area contributed by atoms with E-state index in [1.54, 1.807) is 0 Å². The van der Waals surface area contributed by atoms with Crippen molar-refractivity contribution in [1.82, 2.24) is 0 Å². The topological polar surface area (TPSA) is 18.5 Å². The first-order valence-corrected chi connectivity index (χ1v) is 7.09. The molecular formula is C6H10O2S2Se. The summed E-state index contributed by atoms with van der Waals surface area (Å²) in [5.74, 6) is 2.57. The second-order valence-corrected chi connectivity index (χ2v) is 6.49. The first-order chi connectivity index (χ1) is 5.45. The van der Waals surface area contributed by atoms with Crippen LogP contribution in [0.25, 0.3) is 0 Å². The predicted molar refractivity (Wildman–Crippen MR) is 50.2 cm³/mol. The van der Waals surface area contributed by atoms with Crippen molar-refractivity contribution in [2.75, 3.05) is 24.7 Å². The standard InChI is InChI=1S/C6H10O2S2Se/c1(5-3-9-5)7-11-8-2-6-4-10-6/h5-6H,1-4H2. The van der Waals surface area contributed by atoms with E-state index in [0.29, 0.717) is 0 Å². The van der Waals surface area contributed by atoms with Crippen LogP contribution in [-0.2, 0) is 7.64 Å². The van der Waals surface area contributed by atoms with Crippen LogP contribution in [0, 0.1) is 0 Å². The van der Waals surface area contributed by atoms with Gasteiger partial charge in [0.1, 0.15) is 0 Å². The van der Waals surface area contributed by atoms with Crippen molar-refractivity contribution in [2.45, 2.75) is 10.5 Å². The Kier molecular flexibility index (Phi) is 3.49. The normalized spacial score (nSPS) is 33.8. The van der Waals surface area contributed by atoms with Crippen molar-refractivity contribution in [1.29, 1.82) is 0 Å². The number of hydrogen-bond donors (Lipinski definition) is 0. The van der Waals surface area contributed by atoms with Crippen molar-refractivity contribution in [3.8, 4) is 0 Å². The van der Waals surface area contributed by atoms with Gasteiger partial charge in [-0.2, -0.15) is 0 Å². The van der Waals surface area contributed by atoms with Crippen molar-refractivity contribution >= 4 is 39.1 Å². The van der Waals surface area contributed by atoms with E-state index < -0.39 is 0 Å². The number of thioether (sulfide) groups is 2. The molecule has 2 aliphatic heterocycles. The zero-order valence-electron chi connectivity index (χ0n) is 6.02. The fraction of sp³-hybridized carbons (Fsp3) is 1.00. The summed E-state index contributed by atoms with van der Waals surface area (Å²) in [5, 5.41) is 1.58. The number of hydrogen-bond acceptors (Lipinski definition) is 4. The van der Waals surface area contributed by atoms with Gasteiger partial charge in [0.25, 0.3) is 0 Å². The molecule has 2 fully saturated rings. The average Bonchev–Trinajstić information content (AvgIpc) is 2.83. The third kappa shape index (κ3) is 4.06. The van der Waals surface area contributed by atoms with Crippen LogP contribution in [0.4, 0.5) is 0 Å². The van der Waals surface area contributed by atoms with E-state index in [9.17, 15) is 0 Å². The molecule has 2 atom stereocenters. The van der Waals surface area contributed by atoms with Crippen molar-refractivity contribution in [2.24, 2.45) is 0 Å². The van der Waals surface area contributed by atoms with Gasteiger partial charge in [-0.1, -0.05) is 0 Å². The molecule has 0 spiro atoms. The molecule has 2 rings (SSSR count). The Morgan fingerprint density at radius 1 is 1.09 bits per heavy atom. The summed E-state index contributed by atoms with van der Waals surface area (Å²) in [6.07, 6.45) is 0. The molecule has 0 aliphatic carbocycles. The van der Waals surface area contributed by atoms with Gasteiger partial charge in [-0.3, -0.25) is 0 Å². The summed E-state index contributed by atoms with van der Waals surface area (Å²) in [4.78, 5) is 0. The predicted octanol–water partition coefficient (Wildman–Crippen LogP) is 0.785. The van der Waals surface area contributed by atoms with Crippen LogP contribution >= 0.6 is 23.5 Å². The molecule has 0 amide bonds. The van der Waals surface area contributed by atoms with E-state index in [1.165, 1.54) is 11.5 Å². The Hall–Kier alpha value is 1.14. The maximum atomic E-state index is 5.35. The minimum atomic E-state index is -0.00764. The van der Waals surface area contributed by atoms with Crippen LogP contribution in [0.1, 0.15) is 0 Å². The summed E-state index contributed by atoms with van der Waals surface area (Å²) >= 11 is 3.93. The van der Waals surface area contributed by atoms with Crippen molar-refractivity contribution in [3.63, 3.8) is 0 Å². The Bertz CT molecular complexity index is 114. The molecule has 11 heavy (non-hydrogen) atoms. The van der Waals surface area contributed by atoms with E-state index in [-0.39, 0.29) is 15.6 Å². The van der Waals surface area contributed by atoms with Gasteiger partial charge in [0.05, 0.1) is 0 Å². The Balaban J connectivity index is 1.35. The van der Waals surface area contributed by atoms with Gasteiger partial charge in [-0.05, 0) is 0 Å². The van der Waals surface area contributed by atoms with Crippen LogP contribution in [0.5, 0.6) is 0 Å². The van der Waals surface area contributed by atoms with Crippen molar-refractivity contribution < 1.29 is 7.64 Å². The van der Waals surface area contributed by atoms with Gasteiger partial charge in [-0.25, -0.2) is 0 Å². The van der Waals surface area contributed by atoms with E-state index in [1.807, 2.05) is 23.5 Å². The minimum absolute atomic E-state index is 0.00764. The van der Waals surface area contributed by atoms with E-state index in [0.717, 1.165) is 23.7 Å². The van der Waals surface area contributed by atoms with Crippen LogP contribution in [0.15, 0.2) is 0 Å². The molecule has 0 N–H and O–H groups in total. The molecule has 0 aromatic carbocycles. The Morgan fingerprint density at radius 2 is 1.55 bits per heavy atom. The van der Waals surface area contributed by atoms with Crippen LogP contribution in [-0.4, -0.2) is 50.8 Å². The molecule has 0 saturated carbocycles. The van der Waals surface area contributed by atoms with Crippen LogP contribution in [0.2, 0.25) is 0 Å². The Morgan fingerprint density at radius 3 is 1.91 bits per heavy atom. The van der Waals surface area contributed by atoms with Gasteiger partial charge in [0.15, 0.2) is 0 Å². The molecule has 2 saturated heterocycles. The summed E-state index contributed by atoms with van der Waals surface area (Å²) in [5.41, 5.74) is 0. The molecule has 64 valence electrons. The van der Waals surface area contributed by atoms with Crippen LogP contribution < -0.4 is 0 Å². The molecule has 0 aromatic heterocycles. The van der Waals surface area contributed by atoms with E-state index >= 15 is 0 Å². The van der Waals surface area contributed by atoms with Gasteiger partial charge in [-0.15, -0.1) is 0 Å². The second-order valence-electron chi connectivity index (χ2n) is 2.55. The Labute approximate surface area is 82.0 Å². The third-order valence-electron chi connectivity index (χ3n) is 1.41. The fourth-order valence-corrected chi connectivity index (χ4v) is 2.82. The fourth-order valence-electron chi connectivity index (χ4n) is 0.570. The molecule has 2 heterocycles. The van der Waals surface area contributed by atoms with E-state index in [2.05, 4.69) is 0 Å². The molecule has 0 aromatic rings. The summed E-state index contributed by atoms with van der Waals surface area (Å²) in [6.45, 7) is 1.81. The molecule has 0 radical (unpaired) electrons. The number of rotatable bonds is 6. The molecule has 5 heteroatoms. The van der Waals surface area contributed by atoms with Crippen molar-refractivity contribution in [3.05, 3.63) is 0 Å². The first-order valence-electron chi connectivity index (χ1n) is 3.59. The van der Waals surface area contributed by atoms with Crippen LogP contribution in [0.3, 0.4) is 0 Å². The van der Waals surface area contributed by atoms with Gasteiger partial charge >= 0.3 is 82.0 Å². The summed E-state index contributed by atoms with van der Waals surface area (Å²) < 4.78 is 10.7. The summed E-state index contributed by atoms with van der Waals surface area (Å²) in [7, 11) is 0. The van der Waals surface area contributed by atoms with Gasteiger partial charge in [0.2, 0.25) is 0 Å². The average molecular weight is 257 g/mol. The first kappa shape index (κ1) is 8.73. The van der Waals surface area contributed by atoms with Gasteiger partial charge < -0.3 is 0 Å². The van der Waals surface area contributed by atoms with E-state index in [4.69, 9.17) is 7.64 Å². The zero-order valence-corrected chi connectivity index (χ0v) is 9.37. The molecule has 2 unspecified atom stereocenters. The SMILES string of the molecule is C(O[Se]OCC1CS1)C1CS1. The third-order valence-corrected chi connectivity index (χ3v) is 4.27. The second kappa shape index (κ2) is 4.40. The quantitative estimate of drug-likeness (QED) is 0.397. The molecule has 0 bridgehead atoms. The zero-order chi connectivity index (χ0) is 7.52. The monoisotopic (exact) mass is 258 g/mol. The maximum absolute atomic E-state index is 5.35. The molecule has 2 nitrogen and oxygen atoms in total. The summed E-state index contributed by atoms with van der Waals surface area (Å²) in [6, 6.07) is 0. The molecular weight excluding hydrogens is 247 g/mol. The van der Waals surface area contributed by atoms with Gasteiger partial charge in [0, 0.05) is 0 Å².